The van der Waals surface area contributed by atoms with Crippen LogP contribution in [0.15, 0.2) is 48.2 Å². The molecule has 29 heavy (non-hydrogen) atoms. The third-order valence-corrected chi connectivity index (χ3v) is 4.72. The Morgan fingerprint density at radius 1 is 1.10 bits per heavy atom. The van der Waals surface area contributed by atoms with Crippen LogP contribution < -0.4 is 5.73 Å². The van der Waals surface area contributed by atoms with Crippen molar-refractivity contribution in [1.82, 2.24) is 4.90 Å². The lowest BCUT2D eigenvalue weighted by molar-refractivity contribution is 0.00695. The first-order valence-electron chi connectivity index (χ1n) is 9.81. The van der Waals surface area contributed by atoms with Gasteiger partial charge in [0, 0.05) is 24.4 Å². The maximum Gasteiger partial charge on any atom is 0.338 e. The summed E-state index contributed by atoms with van der Waals surface area (Å²) in [5.74, 6) is -0.562. The van der Waals surface area contributed by atoms with Gasteiger partial charge in [-0.25, -0.2) is 4.79 Å². The van der Waals surface area contributed by atoms with E-state index in [1.165, 1.54) is 5.56 Å². The van der Waals surface area contributed by atoms with Gasteiger partial charge in [-0.1, -0.05) is 30.3 Å². The van der Waals surface area contributed by atoms with Crippen molar-refractivity contribution >= 4 is 18.0 Å². The molecule has 0 unspecified atom stereocenters. The molecule has 0 aliphatic carbocycles. The van der Waals surface area contributed by atoms with Crippen LogP contribution in [0, 0.1) is 0 Å². The lowest BCUT2D eigenvalue weighted by atomic mass is 9.97. The highest BCUT2D eigenvalue weighted by Crippen LogP contribution is 2.24. The molecule has 0 spiro atoms. The van der Waals surface area contributed by atoms with Crippen LogP contribution >= 0.6 is 0 Å². The Labute approximate surface area is 172 Å². The largest absolute Gasteiger partial charge is 0.456 e. The first-order chi connectivity index (χ1) is 13.6. The van der Waals surface area contributed by atoms with Crippen molar-refractivity contribution in [1.29, 1.82) is 0 Å². The van der Waals surface area contributed by atoms with E-state index in [0.717, 1.165) is 12.0 Å². The maximum absolute atomic E-state index is 13.4. The average molecular weight is 392 g/mol. The molecule has 0 fully saturated rings. The SMILES string of the molecule is C/C(N)=C\c1ccc(C(=O)OC(C)(C)C)cc1C(=O)N1CCc2ccccc2C1. The van der Waals surface area contributed by atoms with E-state index >= 15 is 0 Å². The third kappa shape index (κ3) is 5.05. The second-order valence-corrected chi connectivity index (χ2v) is 8.44. The Balaban J connectivity index is 1.95. The minimum atomic E-state index is -0.607. The molecule has 2 aromatic carbocycles. The highest BCUT2D eigenvalue weighted by Gasteiger charge is 2.25. The summed E-state index contributed by atoms with van der Waals surface area (Å²) in [6, 6.07) is 13.2. The standard InChI is InChI=1S/C24H28N2O3/c1-16(25)13-18-9-10-19(23(28)29-24(2,3)4)14-21(18)22(27)26-12-11-17-7-5-6-8-20(17)15-26/h5-10,13-14H,11-12,15,25H2,1-4H3/b16-13+. The molecule has 1 aliphatic rings. The van der Waals surface area contributed by atoms with Crippen molar-refractivity contribution in [3.8, 4) is 0 Å². The summed E-state index contributed by atoms with van der Waals surface area (Å²) in [7, 11) is 0. The van der Waals surface area contributed by atoms with Crippen LogP contribution in [0.5, 0.6) is 0 Å². The molecule has 0 bridgehead atoms. The van der Waals surface area contributed by atoms with Crippen LogP contribution in [0.25, 0.3) is 6.08 Å². The van der Waals surface area contributed by atoms with Crippen LogP contribution in [0.4, 0.5) is 0 Å². The molecule has 5 nitrogen and oxygen atoms in total. The first kappa shape index (κ1) is 20.6. The van der Waals surface area contributed by atoms with Gasteiger partial charge >= 0.3 is 5.97 Å². The molecule has 0 atom stereocenters. The molecule has 0 saturated heterocycles. The van der Waals surface area contributed by atoms with Gasteiger partial charge in [0.05, 0.1) is 5.56 Å². The Kier molecular flexibility index (Phi) is 5.78. The summed E-state index contributed by atoms with van der Waals surface area (Å²) in [5.41, 5.74) is 9.78. The van der Waals surface area contributed by atoms with Crippen molar-refractivity contribution in [2.75, 3.05) is 6.54 Å². The normalized spacial score (nSPS) is 14.3. The molecule has 0 radical (unpaired) electrons. The number of allylic oxidation sites excluding steroid dienone is 1. The summed E-state index contributed by atoms with van der Waals surface area (Å²) < 4.78 is 5.47. The highest BCUT2D eigenvalue weighted by atomic mass is 16.6. The van der Waals surface area contributed by atoms with Gasteiger partial charge in [-0.2, -0.15) is 0 Å². The molecule has 1 aliphatic heterocycles. The van der Waals surface area contributed by atoms with Gasteiger partial charge in [0.2, 0.25) is 0 Å². The fourth-order valence-electron chi connectivity index (χ4n) is 3.42. The van der Waals surface area contributed by atoms with E-state index < -0.39 is 11.6 Å². The Bertz CT molecular complexity index is 966. The van der Waals surface area contributed by atoms with Crippen LogP contribution in [-0.4, -0.2) is 28.9 Å². The molecular formula is C24H28N2O3. The molecule has 1 amide bonds. The Morgan fingerprint density at radius 3 is 2.45 bits per heavy atom. The van der Waals surface area contributed by atoms with Crippen molar-refractivity contribution in [2.45, 2.75) is 46.3 Å². The molecule has 1 heterocycles. The van der Waals surface area contributed by atoms with Gasteiger partial charge in [-0.15, -0.1) is 0 Å². The monoisotopic (exact) mass is 392 g/mol. The number of carbonyl (C=O) groups is 2. The van der Waals surface area contributed by atoms with Crippen LogP contribution in [0.2, 0.25) is 0 Å². The number of benzene rings is 2. The Hall–Kier alpha value is -3.08. The van der Waals surface area contributed by atoms with Gasteiger partial charge in [0.1, 0.15) is 5.60 Å². The van der Waals surface area contributed by atoms with Crippen LogP contribution in [0.1, 0.15) is 65.1 Å². The van der Waals surface area contributed by atoms with E-state index in [1.54, 1.807) is 31.2 Å². The predicted octanol–water partition coefficient (Wildman–Crippen LogP) is 4.16. The summed E-state index contributed by atoms with van der Waals surface area (Å²) in [6.45, 7) is 8.41. The van der Waals surface area contributed by atoms with Crippen molar-refractivity contribution in [3.63, 3.8) is 0 Å². The maximum atomic E-state index is 13.4. The second-order valence-electron chi connectivity index (χ2n) is 8.44. The minimum absolute atomic E-state index is 0.114. The van der Waals surface area contributed by atoms with Gasteiger partial charge in [-0.3, -0.25) is 4.79 Å². The summed E-state index contributed by atoms with van der Waals surface area (Å²) in [4.78, 5) is 27.7. The molecular weight excluding hydrogens is 364 g/mol. The highest BCUT2D eigenvalue weighted by molar-refractivity contribution is 6.01. The first-order valence-corrected chi connectivity index (χ1v) is 9.81. The fourth-order valence-corrected chi connectivity index (χ4v) is 3.42. The molecule has 2 aromatic rings. The predicted molar refractivity (Wildman–Crippen MR) is 114 cm³/mol. The number of amides is 1. The second kappa shape index (κ2) is 8.11. The lowest BCUT2D eigenvalue weighted by Crippen LogP contribution is -2.36. The van der Waals surface area contributed by atoms with Crippen molar-refractivity contribution < 1.29 is 14.3 Å². The lowest BCUT2D eigenvalue weighted by Gasteiger charge is -2.29. The number of carbonyl (C=O) groups excluding carboxylic acids is 2. The number of rotatable bonds is 3. The fraction of sp³-hybridized carbons (Fsp3) is 0.333. The zero-order chi connectivity index (χ0) is 21.2. The van der Waals surface area contributed by atoms with Crippen LogP contribution in [-0.2, 0) is 17.7 Å². The van der Waals surface area contributed by atoms with Gasteiger partial charge in [0.25, 0.3) is 5.91 Å². The van der Waals surface area contributed by atoms with Crippen LogP contribution in [0.3, 0.4) is 0 Å². The topological polar surface area (TPSA) is 72.6 Å². The van der Waals surface area contributed by atoms with Gasteiger partial charge in [0.15, 0.2) is 0 Å². The number of esters is 1. The zero-order valence-electron chi connectivity index (χ0n) is 17.5. The quantitative estimate of drug-likeness (QED) is 0.796. The minimum Gasteiger partial charge on any atom is -0.456 e. The number of fused-ring (bicyclic) bond motifs is 1. The average Bonchev–Trinajstić information content (AvgIpc) is 2.65. The molecule has 0 saturated carbocycles. The molecule has 3 rings (SSSR count). The zero-order valence-corrected chi connectivity index (χ0v) is 17.5. The van der Waals surface area contributed by atoms with Gasteiger partial charge < -0.3 is 15.4 Å². The summed E-state index contributed by atoms with van der Waals surface area (Å²) >= 11 is 0. The summed E-state index contributed by atoms with van der Waals surface area (Å²) in [6.07, 6.45) is 2.57. The number of hydrogen-bond acceptors (Lipinski definition) is 4. The number of ether oxygens (including phenoxy) is 1. The molecule has 152 valence electrons. The van der Waals surface area contributed by atoms with E-state index in [0.29, 0.717) is 35.5 Å². The Morgan fingerprint density at radius 2 is 1.79 bits per heavy atom. The van der Waals surface area contributed by atoms with E-state index in [2.05, 4.69) is 12.1 Å². The number of hydrogen-bond donors (Lipinski definition) is 1. The van der Waals surface area contributed by atoms with Crippen molar-refractivity contribution in [2.24, 2.45) is 5.73 Å². The smallest absolute Gasteiger partial charge is 0.338 e. The number of nitrogens with two attached hydrogens (primary N) is 1. The van der Waals surface area contributed by atoms with Crippen molar-refractivity contribution in [3.05, 3.63) is 76.0 Å². The van der Waals surface area contributed by atoms with E-state index in [4.69, 9.17) is 10.5 Å². The summed E-state index contributed by atoms with van der Waals surface area (Å²) in [5, 5.41) is 0. The van der Waals surface area contributed by atoms with E-state index in [9.17, 15) is 9.59 Å². The number of nitrogens with zero attached hydrogens (tertiary/aromatic N) is 1. The molecule has 5 heteroatoms. The van der Waals surface area contributed by atoms with E-state index in [-0.39, 0.29) is 5.91 Å². The van der Waals surface area contributed by atoms with E-state index in [1.807, 2.05) is 37.8 Å². The molecule has 0 aromatic heterocycles. The van der Waals surface area contributed by atoms with Gasteiger partial charge in [-0.05, 0) is 69.0 Å². The third-order valence-electron chi connectivity index (χ3n) is 4.72. The molecule has 2 N–H and O–H groups in total.